The zero-order chi connectivity index (χ0) is 16.1. The minimum atomic E-state index is 0.393. The molecule has 23 heavy (non-hydrogen) atoms. The molecule has 0 radical (unpaired) electrons. The Bertz CT molecular complexity index is 527. The Labute approximate surface area is 139 Å². The number of aliphatic imine (C=N–C) groups is 1. The van der Waals surface area contributed by atoms with Crippen LogP contribution in [0.25, 0.3) is 0 Å². The summed E-state index contributed by atoms with van der Waals surface area (Å²) in [7, 11) is 0. The van der Waals surface area contributed by atoms with Gasteiger partial charge >= 0.3 is 0 Å². The molecule has 1 saturated heterocycles. The third kappa shape index (κ3) is 4.38. The fraction of sp³-hybridized carbons (Fsp3) is 0.611. The van der Waals surface area contributed by atoms with Gasteiger partial charge in [0.2, 0.25) is 0 Å². The van der Waals surface area contributed by atoms with E-state index in [2.05, 4.69) is 41.1 Å². The first-order chi connectivity index (χ1) is 11.2. The summed E-state index contributed by atoms with van der Waals surface area (Å²) in [5, 5.41) is 3.52. The van der Waals surface area contributed by atoms with Crippen LogP contribution in [0, 0.1) is 0 Å². The normalized spacial score (nSPS) is 22.5. The van der Waals surface area contributed by atoms with E-state index in [0.29, 0.717) is 12.1 Å². The van der Waals surface area contributed by atoms with Crippen LogP contribution in [-0.2, 0) is 6.42 Å². The Kier molecular flexibility index (Phi) is 5.39. The molecule has 5 heteroatoms. The predicted octanol–water partition coefficient (Wildman–Crippen LogP) is 2.12. The quantitative estimate of drug-likeness (QED) is 0.513. The van der Waals surface area contributed by atoms with E-state index in [1.807, 2.05) is 12.1 Å². The number of furan rings is 1. The topological polar surface area (TPSA) is 44.0 Å². The van der Waals surface area contributed by atoms with E-state index >= 15 is 0 Å². The van der Waals surface area contributed by atoms with E-state index in [1.165, 1.54) is 6.42 Å². The number of hydrogen-bond acceptors (Lipinski definition) is 3. The molecule has 1 atom stereocenters. The molecule has 1 unspecified atom stereocenters. The molecule has 1 fully saturated rings. The molecule has 1 aromatic heterocycles. The number of guanidine groups is 1. The standard InChI is InChI=1S/C18H28N4O/c1-15(2)20-18(19-9-7-17-6-5-13-23-17)22-12-8-16(14-22)21-10-3-4-11-21/h3-6,13,15-16H,7-12,14H2,1-2H3,(H,19,20). The van der Waals surface area contributed by atoms with E-state index in [4.69, 9.17) is 9.41 Å². The van der Waals surface area contributed by atoms with E-state index in [9.17, 15) is 0 Å². The summed E-state index contributed by atoms with van der Waals surface area (Å²) in [6.45, 7) is 9.44. The Morgan fingerprint density at radius 1 is 1.39 bits per heavy atom. The summed E-state index contributed by atoms with van der Waals surface area (Å²) < 4.78 is 5.39. The molecule has 0 bridgehead atoms. The van der Waals surface area contributed by atoms with Crippen molar-refractivity contribution in [2.75, 3.05) is 32.7 Å². The molecule has 1 N–H and O–H groups in total. The molecule has 0 aliphatic carbocycles. The summed E-state index contributed by atoms with van der Waals surface area (Å²) in [5.74, 6) is 2.04. The van der Waals surface area contributed by atoms with Gasteiger partial charge < -0.3 is 14.6 Å². The van der Waals surface area contributed by atoms with Gasteiger partial charge in [-0.25, -0.2) is 0 Å². The van der Waals surface area contributed by atoms with Crippen LogP contribution in [0.5, 0.6) is 0 Å². The first-order valence-electron chi connectivity index (χ1n) is 8.69. The minimum absolute atomic E-state index is 0.393. The smallest absolute Gasteiger partial charge is 0.194 e. The zero-order valence-corrected chi connectivity index (χ0v) is 14.2. The van der Waals surface area contributed by atoms with Gasteiger partial charge in [0.25, 0.3) is 0 Å². The third-order valence-electron chi connectivity index (χ3n) is 4.44. The molecule has 3 heterocycles. The molecule has 2 aliphatic heterocycles. The van der Waals surface area contributed by atoms with Crippen molar-refractivity contribution in [3.05, 3.63) is 36.3 Å². The summed E-state index contributed by atoms with van der Waals surface area (Å²) in [5.41, 5.74) is 0. The molecular weight excluding hydrogens is 288 g/mol. The fourth-order valence-electron chi connectivity index (χ4n) is 3.25. The van der Waals surface area contributed by atoms with Crippen molar-refractivity contribution in [3.8, 4) is 0 Å². The lowest BCUT2D eigenvalue weighted by Gasteiger charge is -2.26. The first-order valence-corrected chi connectivity index (χ1v) is 8.69. The first kappa shape index (κ1) is 16.1. The Morgan fingerprint density at radius 2 is 2.22 bits per heavy atom. The lowest BCUT2D eigenvalue weighted by atomic mass is 10.2. The average Bonchev–Trinajstić information content (AvgIpc) is 3.27. The van der Waals surface area contributed by atoms with Crippen molar-refractivity contribution in [1.29, 1.82) is 0 Å². The molecule has 2 aliphatic rings. The second-order valence-corrected chi connectivity index (χ2v) is 6.65. The molecule has 0 aromatic carbocycles. The molecule has 0 amide bonds. The van der Waals surface area contributed by atoms with E-state index in [-0.39, 0.29) is 0 Å². The van der Waals surface area contributed by atoms with E-state index in [0.717, 1.165) is 50.9 Å². The van der Waals surface area contributed by atoms with Crippen LogP contribution in [0.1, 0.15) is 26.0 Å². The van der Waals surface area contributed by atoms with Gasteiger partial charge in [-0.15, -0.1) is 0 Å². The van der Waals surface area contributed by atoms with Crippen molar-refractivity contribution < 1.29 is 4.42 Å². The molecule has 3 rings (SSSR count). The number of nitrogens with zero attached hydrogens (tertiary/aromatic N) is 3. The van der Waals surface area contributed by atoms with Gasteiger partial charge in [-0.3, -0.25) is 9.89 Å². The van der Waals surface area contributed by atoms with Gasteiger partial charge in [0.1, 0.15) is 5.76 Å². The van der Waals surface area contributed by atoms with Crippen LogP contribution in [0.15, 0.2) is 40.0 Å². The number of likely N-dealkylation sites (tertiary alicyclic amines) is 1. The Balaban J connectivity index is 1.57. The lowest BCUT2D eigenvalue weighted by Crippen LogP contribution is -2.45. The highest BCUT2D eigenvalue weighted by Gasteiger charge is 2.29. The Morgan fingerprint density at radius 3 is 2.91 bits per heavy atom. The highest BCUT2D eigenvalue weighted by atomic mass is 16.3. The second kappa shape index (κ2) is 7.68. The highest BCUT2D eigenvalue weighted by Crippen LogP contribution is 2.18. The van der Waals surface area contributed by atoms with Gasteiger partial charge in [0.05, 0.1) is 6.26 Å². The Hall–Kier alpha value is -1.75. The zero-order valence-electron chi connectivity index (χ0n) is 14.2. The monoisotopic (exact) mass is 316 g/mol. The second-order valence-electron chi connectivity index (χ2n) is 6.65. The maximum Gasteiger partial charge on any atom is 0.194 e. The molecular formula is C18H28N4O. The van der Waals surface area contributed by atoms with Crippen LogP contribution >= 0.6 is 0 Å². The molecule has 1 aromatic rings. The number of nitrogens with one attached hydrogen (secondary N) is 1. The number of hydrogen-bond donors (Lipinski definition) is 1. The van der Waals surface area contributed by atoms with Crippen LogP contribution in [0.4, 0.5) is 0 Å². The molecule has 0 saturated carbocycles. The fourth-order valence-corrected chi connectivity index (χ4v) is 3.25. The largest absolute Gasteiger partial charge is 0.469 e. The van der Waals surface area contributed by atoms with Gasteiger partial charge in [-0.1, -0.05) is 12.2 Å². The average molecular weight is 316 g/mol. The van der Waals surface area contributed by atoms with Gasteiger partial charge in [-0.2, -0.15) is 0 Å². The molecule has 126 valence electrons. The van der Waals surface area contributed by atoms with Crippen LogP contribution in [-0.4, -0.2) is 60.6 Å². The van der Waals surface area contributed by atoms with Gasteiger partial charge in [-0.05, 0) is 32.4 Å². The van der Waals surface area contributed by atoms with Gasteiger partial charge in [0, 0.05) is 51.2 Å². The predicted molar refractivity (Wildman–Crippen MR) is 93.7 cm³/mol. The van der Waals surface area contributed by atoms with Crippen LogP contribution in [0.3, 0.4) is 0 Å². The summed E-state index contributed by atoms with van der Waals surface area (Å²) >= 11 is 0. The van der Waals surface area contributed by atoms with E-state index in [1.54, 1.807) is 6.26 Å². The van der Waals surface area contributed by atoms with Crippen molar-refractivity contribution in [3.63, 3.8) is 0 Å². The molecule has 0 spiro atoms. The van der Waals surface area contributed by atoms with Crippen LogP contribution in [0.2, 0.25) is 0 Å². The van der Waals surface area contributed by atoms with Crippen LogP contribution < -0.4 is 5.32 Å². The number of rotatable bonds is 5. The maximum absolute atomic E-state index is 5.39. The third-order valence-corrected chi connectivity index (χ3v) is 4.44. The van der Waals surface area contributed by atoms with Crippen molar-refractivity contribution >= 4 is 5.96 Å². The van der Waals surface area contributed by atoms with Crippen molar-refractivity contribution in [2.45, 2.75) is 38.8 Å². The van der Waals surface area contributed by atoms with Crippen molar-refractivity contribution in [1.82, 2.24) is 15.1 Å². The van der Waals surface area contributed by atoms with E-state index < -0.39 is 0 Å². The summed E-state index contributed by atoms with van der Waals surface area (Å²) in [6, 6.07) is 4.98. The maximum atomic E-state index is 5.39. The summed E-state index contributed by atoms with van der Waals surface area (Å²) in [4.78, 5) is 9.78. The highest BCUT2D eigenvalue weighted by molar-refractivity contribution is 5.80. The minimum Gasteiger partial charge on any atom is -0.469 e. The lowest BCUT2D eigenvalue weighted by molar-refractivity contribution is 0.259. The SMILES string of the molecule is CC(C)NC(=NCCc1ccco1)N1CCC(N2CC=CC2)C1. The summed E-state index contributed by atoms with van der Waals surface area (Å²) in [6.07, 6.45) is 8.34. The van der Waals surface area contributed by atoms with Crippen molar-refractivity contribution in [2.24, 2.45) is 4.99 Å². The molecule has 5 nitrogen and oxygen atoms in total. The van der Waals surface area contributed by atoms with Gasteiger partial charge in [0.15, 0.2) is 5.96 Å².